The summed E-state index contributed by atoms with van der Waals surface area (Å²) >= 11 is 0. The van der Waals surface area contributed by atoms with Gasteiger partial charge < -0.3 is 9.32 Å². The lowest BCUT2D eigenvalue weighted by molar-refractivity contribution is -0.136. The van der Waals surface area contributed by atoms with Gasteiger partial charge in [-0.2, -0.15) is 13.2 Å². The fraction of sp³-hybridized carbons (Fsp3) is 0.100. The van der Waals surface area contributed by atoms with Crippen LogP contribution < -0.4 is 4.90 Å². The monoisotopic (exact) mass is 341 g/mol. The van der Waals surface area contributed by atoms with Crippen LogP contribution in [0.5, 0.6) is 0 Å². The second-order valence-corrected chi connectivity index (χ2v) is 5.83. The molecule has 0 aliphatic rings. The second kappa shape index (κ2) is 5.55. The van der Waals surface area contributed by atoms with Crippen LogP contribution in [0.25, 0.3) is 21.9 Å². The van der Waals surface area contributed by atoms with E-state index in [1.807, 2.05) is 54.4 Å². The molecule has 1 aromatic heterocycles. The largest absolute Gasteiger partial charge is 0.453 e. The van der Waals surface area contributed by atoms with E-state index in [1.165, 1.54) is 6.07 Å². The van der Waals surface area contributed by atoms with E-state index in [0.717, 1.165) is 11.8 Å². The van der Waals surface area contributed by atoms with Gasteiger partial charge in [0.2, 0.25) is 0 Å². The Bertz CT molecular complexity index is 1050. The van der Waals surface area contributed by atoms with Gasteiger partial charge in [-0.05, 0) is 24.3 Å². The maximum atomic E-state index is 13.3. The lowest BCUT2D eigenvalue weighted by Crippen LogP contribution is -2.09. The molecule has 25 heavy (non-hydrogen) atoms. The van der Waals surface area contributed by atoms with Crippen molar-refractivity contribution in [2.75, 3.05) is 11.9 Å². The fourth-order valence-corrected chi connectivity index (χ4v) is 3.08. The normalized spacial score (nSPS) is 12.0. The molecule has 0 spiro atoms. The molecule has 3 aromatic carbocycles. The number of rotatable bonds is 2. The molecule has 1 heterocycles. The summed E-state index contributed by atoms with van der Waals surface area (Å²) in [5.74, 6) is 0. The van der Waals surface area contributed by atoms with E-state index in [0.29, 0.717) is 22.0 Å². The van der Waals surface area contributed by atoms with Crippen LogP contribution in [0.15, 0.2) is 71.1 Å². The van der Waals surface area contributed by atoms with E-state index in [2.05, 4.69) is 0 Å². The predicted octanol–water partition coefficient (Wildman–Crippen LogP) is 6.37. The van der Waals surface area contributed by atoms with Gasteiger partial charge in [0.25, 0.3) is 0 Å². The van der Waals surface area contributed by atoms with Crippen molar-refractivity contribution in [3.63, 3.8) is 0 Å². The number of anilines is 2. The van der Waals surface area contributed by atoms with Crippen molar-refractivity contribution in [2.24, 2.45) is 0 Å². The van der Waals surface area contributed by atoms with Crippen molar-refractivity contribution in [1.29, 1.82) is 0 Å². The summed E-state index contributed by atoms with van der Waals surface area (Å²) < 4.78 is 45.6. The molecule has 2 nitrogen and oxygen atoms in total. The molecule has 0 unspecified atom stereocenters. The molecule has 0 aliphatic carbocycles. The van der Waals surface area contributed by atoms with Crippen LogP contribution in [-0.2, 0) is 6.18 Å². The highest BCUT2D eigenvalue weighted by molar-refractivity contribution is 6.10. The molecule has 0 atom stereocenters. The third-order valence-corrected chi connectivity index (χ3v) is 4.31. The standard InChI is InChI=1S/C20H14F3NO/c1-24(13-7-3-2-4-8-13)17-12-6-10-15-14-9-5-11-16(20(21,22)23)18(14)25-19(15)17/h2-12H,1H3. The number of furan rings is 1. The summed E-state index contributed by atoms with van der Waals surface area (Å²) in [5.41, 5.74) is 1.20. The number of para-hydroxylation sites is 3. The smallest absolute Gasteiger partial charge is 0.420 e. The van der Waals surface area contributed by atoms with E-state index in [1.54, 1.807) is 12.1 Å². The molecule has 0 saturated heterocycles. The van der Waals surface area contributed by atoms with Crippen molar-refractivity contribution in [3.05, 3.63) is 72.3 Å². The Hall–Kier alpha value is -2.95. The SMILES string of the molecule is CN(c1ccccc1)c1cccc2c1oc1c(C(F)(F)F)cccc12. The molecule has 126 valence electrons. The zero-order valence-electron chi connectivity index (χ0n) is 13.3. The lowest BCUT2D eigenvalue weighted by Gasteiger charge is -2.19. The molecular formula is C20H14F3NO. The van der Waals surface area contributed by atoms with Gasteiger partial charge in [-0.1, -0.05) is 42.5 Å². The molecule has 4 aromatic rings. The Morgan fingerprint density at radius 3 is 2.08 bits per heavy atom. The van der Waals surface area contributed by atoms with Gasteiger partial charge >= 0.3 is 6.18 Å². The number of benzene rings is 3. The summed E-state index contributed by atoms with van der Waals surface area (Å²) in [6, 6.07) is 19.2. The maximum absolute atomic E-state index is 13.3. The first-order valence-corrected chi connectivity index (χ1v) is 7.77. The van der Waals surface area contributed by atoms with Crippen LogP contribution in [0.2, 0.25) is 0 Å². The topological polar surface area (TPSA) is 16.4 Å². The van der Waals surface area contributed by atoms with E-state index in [-0.39, 0.29) is 5.58 Å². The third kappa shape index (κ3) is 2.52. The summed E-state index contributed by atoms with van der Waals surface area (Å²) in [4.78, 5) is 1.90. The Balaban J connectivity index is 1.99. The van der Waals surface area contributed by atoms with Gasteiger partial charge in [0, 0.05) is 23.5 Å². The van der Waals surface area contributed by atoms with E-state index < -0.39 is 11.7 Å². The summed E-state index contributed by atoms with van der Waals surface area (Å²) in [6.07, 6.45) is -4.46. The summed E-state index contributed by atoms with van der Waals surface area (Å²) in [7, 11) is 1.86. The van der Waals surface area contributed by atoms with Crippen LogP contribution in [0.3, 0.4) is 0 Å². The van der Waals surface area contributed by atoms with Crippen molar-refractivity contribution < 1.29 is 17.6 Å². The number of fused-ring (bicyclic) bond motifs is 3. The molecule has 5 heteroatoms. The maximum Gasteiger partial charge on any atom is 0.420 e. The first kappa shape index (κ1) is 15.6. The number of alkyl halides is 3. The Morgan fingerprint density at radius 1 is 0.760 bits per heavy atom. The van der Waals surface area contributed by atoms with Crippen LogP contribution >= 0.6 is 0 Å². The van der Waals surface area contributed by atoms with Crippen LogP contribution in [0, 0.1) is 0 Å². The number of halogens is 3. The predicted molar refractivity (Wildman–Crippen MR) is 93.2 cm³/mol. The molecule has 0 bridgehead atoms. The Labute approximate surface area is 142 Å². The Kier molecular flexibility index (Phi) is 3.46. The highest BCUT2D eigenvalue weighted by atomic mass is 19.4. The van der Waals surface area contributed by atoms with Crippen molar-refractivity contribution in [3.8, 4) is 0 Å². The van der Waals surface area contributed by atoms with Crippen LogP contribution in [0.4, 0.5) is 24.5 Å². The van der Waals surface area contributed by atoms with E-state index >= 15 is 0 Å². The molecule has 4 rings (SSSR count). The van der Waals surface area contributed by atoms with Gasteiger partial charge in [-0.15, -0.1) is 0 Å². The van der Waals surface area contributed by atoms with E-state index in [9.17, 15) is 13.2 Å². The average Bonchev–Trinajstić information content (AvgIpc) is 2.99. The first-order valence-electron chi connectivity index (χ1n) is 7.77. The van der Waals surface area contributed by atoms with E-state index in [4.69, 9.17) is 4.42 Å². The van der Waals surface area contributed by atoms with Gasteiger partial charge in [0.1, 0.15) is 5.58 Å². The molecule has 0 amide bonds. The van der Waals surface area contributed by atoms with Gasteiger partial charge in [0.15, 0.2) is 5.58 Å². The fourth-order valence-electron chi connectivity index (χ4n) is 3.08. The zero-order valence-corrected chi connectivity index (χ0v) is 13.3. The quantitative estimate of drug-likeness (QED) is 0.421. The van der Waals surface area contributed by atoms with Crippen LogP contribution in [0.1, 0.15) is 5.56 Å². The molecule has 0 radical (unpaired) electrons. The summed E-state index contributed by atoms with van der Waals surface area (Å²) in [6.45, 7) is 0. The minimum absolute atomic E-state index is 0.126. The molecule has 0 aliphatic heterocycles. The second-order valence-electron chi connectivity index (χ2n) is 5.83. The number of hydrogen-bond acceptors (Lipinski definition) is 2. The molecule has 0 saturated carbocycles. The van der Waals surface area contributed by atoms with Gasteiger partial charge in [-0.25, -0.2) is 0 Å². The average molecular weight is 341 g/mol. The highest BCUT2D eigenvalue weighted by Gasteiger charge is 2.34. The minimum atomic E-state index is -4.46. The van der Waals surface area contributed by atoms with Crippen molar-refractivity contribution in [1.82, 2.24) is 0 Å². The van der Waals surface area contributed by atoms with Crippen LogP contribution in [-0.4, -0.2) is 7.05 Å². The number of nitrogens with zero attached hydrogens (tertiary/aromatic N) is 1. The molecule has 0 fully saturated rings. The highest BCUT2D eigenvalue weighted by Crippen LogP contribution is 2.42. The number of hydrogen-bond donors (Lipinski definition) is 0. The summed E-state index contributed by atoms with van der Waals surface area (Å²) in [5, 5.41) is 1.13. The third-order valence-electron chi connectivity index (χ3n) is 4.31. The molecule has 0 N–H and O–H groups in total. The first-order chi connectivity index (χ1) is 12.0. The zero-order chi connectivity index (χ0) is 17.6. The van der Waals surface area contributed by atoms with Gasteiger partial charge in [0.05, 0.1) is 11.3 Å². The van der Waals surface area contributed by atoms with Gasteiger partial charge in [-0.3, -0.25) is 0 Å². The Morgan fingerprint density at radius 2 is 1.40 bits per heavy atom. The molecular weight excluding hydrogens is 327 g/mol. The van der Waals surface area contributed by atoms with Crippen molar-refractivity contribution in [2.45, 2.75) is 6.18 Å². The minimum Gasteiger partial charge on any atom is -0.453 e. The van der Waals surface area contributed by atoms with Crippen molar-refractivity contribution >= 4 is 33.3 Å². The lowest BCUT2D eigenvalue weighted by atomic mass is 10.1.